The van der Waals surface area contributed by atoms with Crippen molar-refractivity contribution in [2.45, 2.75) is 44.9 Å². The summed E-state index contributed by atoms with van der Waals surface area (Å²) in [5.74, 6) is 0. The van der Waals surface area contributed by atoms with E-state index in [1.54, 1.807) is 0 Å². The number of unbranched alkanes of at least 4 members (excludes halogenated alkanes) is 2. The molecule has 0 atom stereocenters. The average molecular weight is 469 g/mol. The summed E-state index contributed by atoms with van der Waals surface area (Å²) in [5.41, 5.74) is 0. The van der Waals surface area contributed by atoms with E-state index in [1.165, 1.54) is 84.2 Å². The maximum atomic E-state index is 3.63. The van der Waals surface area contributed by atoms with Crippen LogP contribution < -0.4 is 31.9 Å². The number of nitrogens with one attached hydrogen (secondary N) is 6. The molecule has 2 saturated heterocycles. The molecule has 8 heteroatoms. The highest BCUT2D eigenvalue weighted by molar-refractivity contribution is 4.66. The molecule has 0 bridgehead atoms. The van der Waals surface area contributed by atoms with Crippen LogP contribution in [0, 0.1) is 0 Å². The summed E-state index contributed by atoms with van der Waals surface area (Å²) >= 11 is 0. The van der Waals surface area contributed by atoms with E-state index in [4.69, 9.17) is 0 Å². The molecule has 0 aromatic rings. The fraction of sp³-hybridized carbons (Fsp3) is 1.00. The molecule has 2 rings (SSSR count). The van der Waals surface area contributed by atoms with Crippen molar-refractivity contribution >= 4 is 0 Å². The number of hydrogen-bond acceptors (Lipinski definition) is 8. The van der Waals surface area contributed by atoms with Gasteiger partial charge in [-0.1, -0.05) is 6.42 Å². The lowest BCUT2D eigenvalue weighted by Crippen LogP contribution is -2.37. The highest BCUT2D eigenvalue weighted by Gasteiger charge is 2.07. The van der Waals surface area contributed by atoms with Crippen molar-refractivity contribution in [3.63, 3.8) is 0 Å². The molecule has 8 nitrogen and oxygen atoms in total. The highest BCUT2D eigenvalue weighted by atomic mass is 15.1. The maximum absolute atomic E-state index is 3.63. The molecule has 2 aliphatic heterocycles. The van der Waals surface area contributed by atoms with E-state index in [0.29, 0.717) is 0 Å². The van der Waals surface area contributed by atoms with Crippen LogP contribution in [0.15, 0.2) is 0 Å². The second-order valence-corrected chi connectivity index (χ2v) is 9.66. The van der Waals surface area contributed by atoms with Gasteiger partial charge >= 0.3 is 0 Å². The predicted molar refractivity (Wildman–Crippen MR) is 142 cm³/mol. The zero-order valence-corrected chi connectivity index (χ0v) is 21.6. The molecule has 33 heavy (non-hydrogen) atoms. The average Bonchev–Trinajstić information content (AvgIpc) is 2.83. The van der Waals surface area contributed by atoms with E-state index in [0.717, 1.165) is 78.5 Å². The molecule has 0 aromatic heterocycles. The number of nitrogens with zero attached hydrogens (tertiary/aromatic N) is 2. The zero-order valence-electron chi connectivity index (χ0n) is 21.6. The molecule has 0 aromatic carbocycles. The SMILES string of the molecule is C(CCN1CCCNCCNCCCNCC1)CCN1CCCNCCNCCCNCC1. The second kappa shape index (κ2) is 22.2. The van der Waals surface area contributed by atoms with Crippen molar-refractivity contribution in [1.29, 1.82) is 0 Å². The summed E-state index contributed by atoms with van der Waals surface area (Å²) in [6.45, 7) is 20.7. The van der Waals surface area contributed by atoms with Crippen LogP contribution in [0.25, 0.3) is 0 Å². The van der Waals surface area contributed by atoms with Crippen molar-refractivity contribution in [3.8, 4) is 0 Å². The fourth-order valence-electron chi connectivity index (χ4n) is 4.63. The Kier molecular flexibility index (Phi) is 19.4. The Labute approximate surface area is 204 Å². The van der Waals surface area contributed by atoms with E-state index in [9.17, 15) is 0 Å². The normalized spacial score (nSPS) is 24.0. The molecule has 2 fully saturated rings. The molecule has 0 unspecified atom stereocenters. The Morgan fingerprint density at radius 2 is 0.697 bits per heavy atom. The van der Waals surface area contributed by atoms with Gasteiger partial charge in [0.1, 0.15) is 0 Å². The fourth-order valence-corrected chi connectivity index (χ4v) is 4.63. The molecular weight excluding hydrogens is 412 g/mol. The summed E-state index contributed by atoms with van der Waals surface area (Å²) < 4.78 is 0. The molecule has 0 aliphatic carbocycles. The van der Waals surface area contributed by atoms with Crippen LogP contribution in [0.2, 0.25) is 0 Å². The Morgan fingerprint density at radius 3 is 1.12 bits per heavy atom. The third-order valence-corrected chi connectivity index (χ3v) is 6.69. The number of rotatable bonds is 6. The van der Waals surface area contributed by atoms with Crippen LogP contribution in [0.4, 0.5) is 0 Å². The van der Waals surface area contributed by atoms with E-state index in [2.05, 4.69) is 41.7 Å². The van der Waals surface area contributed by atoms with Gasteiger partial charge in [0.2, 0.25) is 0 Å². The molecule has 6 N–H and O–H groups in total. The van der Waals surface area contributed by atoms with Gasteiger partial charge in [0.25, 0.3) is 0 Å². The first-order valence-electron chi connectivity index (χ1n) is 14.1. The van der Waals surface area contributed by atoms with Gasteiger partial charge in [-0.25, -0.2) is 0 Å². The van der Waals surface area contributed by atoms with E-state index in [1.807, 2.05) is 0 Å². The highest BCUT2D eigenvalue weighted by Crippen LogP contribution is 2.03. The van der Waals surface area contributed by atoms with Crippen molar-refractivity contribution < 1.29 is 0 Å². The summed E-state index contributed by atoms with van der Waals surface area (Å²) in [6.07, 6.45) is 8.96. The monoisotopic (exact) mass is 468 g/mol. The Balaban J connectivity index is 1.59. The molecule has 0 amide bonds. The van der Waals surface area contributed by atoms with Gasteiger partial charge in [0, 0.05) is 52.4 Å². The molecule has 0 saturated carbocycles. The molecule has 2 heterocycles. The lowest BCUT2D eigenvalue weighted by Gasteiger charge is -2.24. The van der Waals surface area contributed by atoms with E-state index < -0.39 is 0 Å². The lowest BCUT2D eigenvalue weighted by atomic mass is 10.2. The second-order valence-electron chi connectivity index (χ2n) is 9.66. The van der Waals surface area contributed by atoms with Crippen LogP contribution in [-0.4, -0.2) is 128 Å². The predicted octanol–water partition coefficient (Wildman–Crippen LogP) is -0.114. The molecular formula is C25H56N8. The van der Waals surface area contributed by atoms with Crippen molar-refractivity contribution in [2.75, 3.05) is 118 Å². The van der Waals surface area contributed by atoms with Gasteiger partial charge in [-0.2, -0.15) is 0 Å². The van der Waals surface area contributed by atoms with Crippen molar-refractivity contribution in [3.05, 3.63) is 0 Å². The molecule has 0 spiro atoms. The molecule has 196 valence electrons. The maximum Gasteiger partial charge on any atom is 0.0107 e. The largest absolute Gasteiger partial charge is 0.315 e. The van der Waals surface area contributed by atoms with E-state index in [-0.39, 0.29) is 0 Å². The van der Waals surface area contributed by atoms with Crippen molar-refractivity contribution in [1.82, 2.24) is 41.7 Å². The van der Waals surface area contributed by atoms with Gasteiger partial charge in [-0.3, -0.25) is 0 Å². The van der Waals surface area contributed by atoms with Crippen molar-refractivity contribution in [2.24, 2.45) is 0 Å². The lowest BCUT2D eigenvalue weighted by molar-refractivity contribution is 0.245. The quantitative estimate of drug-likeness (QED) is 0.302. The summed E-state index contributed by atoms with van der Waals surface area (Å²) in [4.78, 5) is 5.37. The Morgan fingerprint density at radius 1 is 0.333 bits per heavy atom. The summed E-state index contributed by atoms with van der Waals surface area (Å²) in [5, 5.41) is 21.4. The Bertz CT molecular complexity index is 348. The molecule has 2 aliphatic rings. The smallest absolute Gasteiger partial charge is 0.0107 e. The third-order valence-electron chi connectivity index (χ3n) is 6.69. The van der Waals surface area contributed by atoms with Gasteiger partial charge in [-0.15, -0.1) is 0 Å². The van der Waals surface area contributed by atoms with Gasteiger partial charge in [0.05, 0.1) is 0 Å². The summed E-state index contributed by atoms with van der Waals surface area (Å²) in [6, 6.07) is 0. The van der Waals surface area contributed by atoms with Crippen LogP contribution in [-0.2, 0) is 0 Å². The first-order chi connectivity index (χ1) is 16.4. The Hall–Kier alpha value is -0.320. The van der Waals surface area contributed by atoms with Gasteiger partial charge in [0.15, 0.2) is 0 Å². The topological polar surface area (TPSA) is 78.7 Å². The zero-order chi connectivity index (χ0) is 23.1. The van der Waals surface area contributed by atoms with Crippen LogP contribution >= 0.6 is 0 Å². The van der Waals surface area contributed by atoms with Crippen LogP contribution in [0.3, 0.4) is 0 Å². The summed E-state index contributed by atoms with van der Waals surface area (Å²) in [7, 11) is 0. The van der Waals surface area contributed by atoms with Gasteiger partial charge < -0.3 is 41.7 Å². The first-order valence-corrected chi connectivity index (χ1v) is 14.1. The third kappa shape index (κ3) is 17.7. The minimum atomic E-state index is 1.09. The van der Waals surface area contributed by atoms with E-state index >= 15 is 0 Å². The van der Waals surface area contributed by atoms with Gasteiger partial charge in [-0.05, 0) is 104 Å². The first kappa shape index (κ1) is 28.9. The van der Waals surface area contributed by atoms with Crippen LogP contribution in [0.1, 0.15) is 44.9 Å². The number of hydrogen-bond donors (Lipinski definition) is 6. The van der Waals surface area contributed by atoms with Crippen LogP contribution in [0.5, 0.6) is 0 Å². The minimum Gasteiger partial charge on any atom is -0.315 e. The standard InChI is InChI=1S/C25H56N8/c1(2-20-32-22-6-12-28-16-14-26-8-4-10-30-18-24-32)3-21-33-23-7-13-29-17-15-27-9-5-11-31-19-25-33/h26-31H,1-25H2. The minimum absolute atomic E-state index is 1.09. The molecule has 0 radical (unpaired) electrons.